The van der Waals surface area contributed by atoms with Gasteiger partial charge in [0.2, 0.25) is 0 Å². The summed E-state index contributed by atoms with van der Waals surface area (Å²) in [7, 11) is -0.694. The Balaban J connectivity index is 1.49. The lowest BCUT2D eigenvalue weighted by molar-refractivity contribution is 0.717. The lowest BCUT2D eigenvalue weighted by Crippen LogP contribution is -2.43. The van der Waals surface area contributed by atoms with Crippen molar-refractivity contribution in [3.05, 3.63) is 129 Å². The van der Waals surface area contributed by atoms with Gasteiger partial charge in [-0.1, -0.05) is 122 Å². The largest absolute Gasteiger partial charge is 0.0658 e. The molecular formula is C36H36Si. The molecule has 2 aliphatic rings. The third-order valence-electron chi connectivity index (χ3n) is 9.39. The number of benzene rings is 4. The van der Waals surface area contributed by atoms with E-state index in [1.807, 2.05) is 0 Å². The molecule has 0 bridgehead atoms. The maximum absolute atomic E-state index is 2.53. The SMILES string of the molecule is CC1=Cc2c(ccc(C)c2-c2ccccc2)C1(C)[SiH2]C1(C)C(C)=Cc2c1ccc(C)c2-c1ccccc1. The summed E-state index contributed by atoms with van der Waals surface area (Å²) in [6.45, 7) is 14.3. The first-order valence-corrected chi connectivity index (χ1v) is 14.9. The first-order valence-electron chi connectivity index (χ1n) is 13.5. The van der Waals surface area contributed by atoms with Crippen LogP contribution >= 0.6 is 0 Å². The van der Waals surface area contributed by atoms with Crippen LogP contribution in [0.1, 0.15) is 61.1 Å². The second-order valence-electron chi connectivity index (χ2n) is 11.7. The van der Waals surface area contributed by atoms with E-state index >= 15 is 0 Å². The quantitative estimate of drug-likeness (QED) is 0.248. The van der Waals surface area contributed by atoms with Crippen molar-refractivity contribution in [3.8, 4) is 22.3 Å². The maximum atomic E-state index is 2.53. The molecular weight excluding hydrogens is 460 g/mol. The Bertz CT molecular complexity index is 1470. The molecule has 0 spiro atoms. The Morgan fingerprint density at radius 2 is 0.865 bits per heavy atom. The molecule has 0 aromatic heterocycles. The summed E-state index contributed by atoms with van der Waals surface area (Å²) in [5.41, 5.74) is 17.1. The van der Waals surface area contributed by atoms with Gasteiger partial charge < -0.3 is 0 Å². The van der Waals surface area contributed by atoms with Crippen molar-refractivity contribution in [2.75, 3.05) is 0 Å². The molecule has 0 saturated heterocycles. The van der Waals surface area contributed by atoms with E-state index in [-0.39, 0.29) is 10.1 Å². The van der Waals surface area contributed by atoms with Gasteiger partial charge in [-0.15, -0.1) is 0 Å². The third kappa shape index (κ3) is 3.55. The average molecular weight is 497 g/mol. The second kappa shape index (κ2) is 8.57. The Morgan fingerprint density at radius 1 is 0.486 bits per heavy atom. The molecule has 0 aliphatic heterocycles. The van der Waals surface area contributed by atoms with Crippen molar-refractivity contribution >= 4 is 21.7 Å². The van der Waals surface area contributed by atoms with Gasteiger partial charge in [-0.25, -0.2) is 0 Å². The normalized spacial score (nSPS) is 22.2. The van der Waals surface area contributed by atoms with Crippen molar-refractivity contribution in [2.24, 2.45) is 0 Å². The summed E-state index contributed by atoms with van der Waals surface area (Å²) in [6.07, 6.45) is 5.00. The zero-order valence-corrected chi connectivity index (χ0v) is 24.4. The summed E-state index contributed by atoms with van der Waals surface area (Å²) in [6, 6.07) is 31.4. The molecule has 1 heteroatoms. The van der Waals surface area contributed by atoms with Crippen molar-refractivity contribution in [3.63, 3.8) is 0 Å². The van der Waals surface area contributed by atoms with Crippen LogP contribution in [0.2, 0.25) is 0 Å². The fourth-order valence-electron chi connectivity index (χ4n) is 7.05. The smallest absolute Gasteiger partial charge is 0.0544 e. The molecule has 184 valence electrons. The molecule has 0 amide bonds. The number of allylic oxidation sites excluding steroid dienone is 2. The third-order valence-corrected chi connectivity index (χ3v) is 12.7. The van der Waals surface area contributed by atoms with Crippen molar-refractivity contribution in [1.82, 2.24) is 0 Å². The van der Waals surface area contributed by atoms with Gasteiger partial charge in [-0.2, -0.15) is 0 Å². The van der Waals surface area contributed by atoms with Crippen LogP contribution in [0.15, 0.2) is 96.1 Å². The molecule has 0 N–H and O–H groups in total. The highest BCUT2D eigenvalue weighted by atomic mass is 28.2. The highest BCUT2D eigenvalue weighted by Crippen LogP contribution is 2.52. The molecule has 0 heterocycles. The van der Waals surface area contributed by atoms with E-state index in [0.29, 0.717) is 0 Å². The molecule has 0 saturated carbocycles. The monoisotopic (exact) mass is 496 g/mol. The average Bonchev–Trinajstić information content (AvgIpc) is 3.28. The van der Waals surface area contributed by atoms with E-state index in [0.717, 1.165) is 0 Å². The Hall–Kier alpha value is -3.42. The molecule has 6 rings (SSSR count). The van der Waals surface area contributed by atoms with E-state index < -0.39 is 9.52 Å². The number of fused-ring (bicyclic) bond motifs is 2. The molecule has 2 unspecified atom stereocenters. The Morgan fingerprint density at radius 3 is 1.24 bits per heavy atom. The van der Waals surface area contributed by atoms with Gasteiger partial charge in [0.05, 0.1) is 9.52 Å². The van der Waals surface area contributed by atoms with Gasteiger partial charge in [-0.05, 0) is 83.3 Å². The predicted molar refractivity (Wildman–Crippen MR) is 164 cm³/mol. The minimum absolute atomic E-state index is 0.107. The Kier molecular flexibility index (Phi) is 5.54. The van der Waals surface area contributed by atoms with Crippen LogP contribution in [0.5, 0.6) is 0 Å². The predicted octanol–water partition coefficient (Wildman–Crippen LogP) is 8.77. The minimum Gasteiger partial charge on any atom is -0.0658 e. The van der Waals surface area contributed by atoms with Crippen LogP contribution in [-0.4, -0.2) is 9.52 Å². The minimum atomic E-state index is -0.694. The van der Waals surface area contributed by atoms with Gasteiger partial charge in [0.25, 0.3) is 0 Å². The first kappa shape index (κ1) is 23.9. The molecule has 4 aromatic carbocycles. The molecule has 0 fully saturated rings. The summed E-state index contributed by atoms with van der Waals surface area (Å²) in [5.74, 6) is 0. The summed E-state index contributed by atoms with van der Waals surface area (Å²) < 4.78 is 0. The Labute approximate surface area is 224 Å². The van der Waals surface area contributed by atoms with Crippen molar-refractivity contribution < 1.29 is 0 Å². The maximum Gasteiger partial charge on any atom is 0.0544 e. The molecule has 2 atom stereocenters. The second-order valence-corrected chi connectivity index (χ2v) is 14.8. The topological polar surface area (TPSA) is 0 Å². The molecule has 37 heavy (non-hydrogen) atoms. The zero-order valence-electron chi connectivity index (χ0n) is 22.9. The highest BCUT2D eigenvalue weighted by Gasteiger charge is 2.46. The fraction of sp³-hybridized carbons (Fsp3) is 0.222. The van der Waals surface area contributed by atoms with Gasteiger partial charge in [-0.3, -0.25) is 0 Å². The van der Waals surface area contributed by atoms with Gasteiger partial charge >= 0.3 is 0 Å². The van der Waals surface area contributed by atoms with Crippen LogP contribution in [0, 0.1) is 13.8 Å². The zero-order chi connectivity index (χ0) is 25.9. The number of hydrogen-bond acceptors (Lipinski definition) is 0. The summed E-state index contributed by atoms with van der Waals surface area (Å²) in [5, 5.41) is 0.214. The number of aryl methyl sites for hydroxylation is 2. The number of hydrogen-bond donors (Lipinski definition) is 0. The fourth-order valence-corrected chi connectivity index (χ4v) is 10.2. The molecule has 2 aliphatic carbocycles. The van der Waals surface area contributed by atoms with E-state index in [2.05, 4.69) is 139 Å². The van der Waals surface area contributed by atoms with Gasteiger partial charge in [0.15, 0.2) is 0 Å². The summed E-state index contributed by atoms with van der Waals surface area (Å²) >= 11 is 0. The van der Waals surface area contributed by atoms with Crippen LogP contribution in [0.4, 0.5) is 0 Å². The molecule has 4 aromatic rings. The van der Waals surface area contributed by atoms with E-state index in [4.69, 9.17) is 0 Å². The van der Waals surface area contributed by atoms with E-state index in [1.165, 1.54) is 66.8 Å². The standard InChI is InChI=1S/C36H36Si/c1-23-17-19-31-29(33(23)27-13-9-7-10-14-27)21-25(3)35(31,5)37-36(6)26(4)22-30-32(36)20-18-24(2)34(30)28-15-11-8-12-16-28/h7-22H,37H2,1-6H3. The summed E-state index contributed by atoms with van der Waals surface area (Å²) in [4.78, 5) is 0. The first-order chi connectivity index (χ1) is 17.7. The van der Waals surface area contributed by atoms with Crippen LogP contribution in [0.25, 0.3) is 34.4 Å². The van der Waals surface area contributed by atoms with Crippen LogP contribution in [-0.2, 0) is 10.1 Å². The van der Waals surface area contributed by atoms with Gasteiger partial charge in [0, 0.05) is 10.1 Å². The lowest BCUT2D eigenvalue weighted by Gasteiger charge is -2.39. The number of rotatable bonds is 4. The van der Waals surface area contributed by atoms with Crippen LogP contribution < -0.4 is 0 Å². The molecule has 0 nitrogen and oxygen atoms in total. The highest BCUT2D eigenvalue weighted by molar-refractivity contribution is 6.48. The molecule has 0 radical (unpaired) electrons. The van der Waals surface area contributed by atoms with E-state index in [1.54, 1.807) is 0 Å². The van der Waals surface area contributed by atoms with Crippen LogP contribution in [0.3, 0.4) is 0 Å². The van der Waals surface area contributed by atoms with Crippen molar-refractivity contribution in [2.45, 2.75) is 51.6 Å². The van der Waals surface area contributed by atoms with E-state index in [9.17, 15) is 0 Å². The lowest BCUT2D eigenvalue weighted by atomic mass is 9.89. The van der Waals surface area contributed by atoms with Gasteiger partial charge in [0.1, 0.15) is 0 Å². The van der Waals surface area contributed by atoms with Crippen molar-refractivity contribution in [1.29, 1.82) is 0 Å².